The number of benzene rings is 2. The monoisotopic (exact) mass is 344 g/mol. The summed E-state index contributed by atoms with van der Waals surface area (Å²) in [6.45, 7) is 0. The molecule has 1 amide bonds. The van der Waals surface area contributed by atoms with E-state index < -0.39 is 0 Å². The zero-order chi connectivity index (χ0) is 16.2. The molecule has 0 spiro atoms. The first-order valence-electron chi connectivity index (χ1n) is 6.82. The van der Waals surface area contributed by atoms with Crippen molar-refractivity contribution in [2.45, 2.75) is 0 Å². The number of anilines is 1. The van der Waals surface area contributed by atoms with Crippen LogP contribution in [0, 0.1) is 0 Å². The summed E-state index contributed by atoms with van der Waals surface area (Å²) in [7, 11) is 1.62. The molecule has 0 saturated heterocycles. The van der Waals surface area contributed by atoms with Gasteiger partial charge in [-0.15, -0.1) is 11.3 Å². The number of methoxy groups -OCH3 is 1. The highest BCUT2D eigenvalue weighted by atomic mass is 35.5. The smallest absolute Gasteiger partial charge is 0.257 e. The first kappa shape index (κ1) is 15.5. The van der Waals surface area contributed by atoms with E-state index in [1.165, 1.54) is 11.3 Å². The van der Waals surface area contributed by atoms with Crippen molar-refractivity contribution in [3.05, 3.63) is 64.5 Å². The lowest BCUT2D eigenvalue weighted by Crippen LogP contribution is -2.11. The summed E-state index contributed by atoms with van der Waals surface area (Å²) < 4.78 is 5.21. The number of nitrogens with zero attached hydrogens (tertiary/aromatic N) is 1. The number of nitrogens with one attached hydrogen (secondary N) is 1. The Morgan fingerprint density at radius 3 is 2.83 bits per heavy atom. The van der Waals surface area contributed by atoms with Crippen LogP contribution >= 0.6 is 22.9 Å². The number of amides is 1. The highest BCUT2D eigenvalue weighted by Gasteiger charge is 2.10. The van der Waals surface area contributed by atoms with Crippen LogP contribution in [0.3, 0.4) is 0 Å². The van der Waals surface area contributed by atoms with Gasteiger partial charge in [0.2, 0.25) is 0 Å². The van der Waals surface area contributed by atoms with Gasteiger partial charge < -0.3 is 4.74 Å². The van der Waals surface area contributed by atoms with Crippen LogP contribution in [0.25, 0.3) is 11.3 Å². The van der Waals surface area contributed by atoms with Crippen molar-refractivity contribution in [2.75, 3.05) is 12.4 Å². The van der Waals surface area contributed by atoms with E-state index in [2.05, 4.69) is 10.3 Å². The normalized spacial score (nSPS) is 10.3. The van der Waals surface area contributed by atoms with E-state index in [1.54, 1.807) is 31.4 Å². The molecule has 0 radical (unpaired) electrons. The lowest BCUT2D eigenvalue weighted by molar-refractivity contribution is 0.102. The predicted molar refractivity (Wildman–Crippen MR) is 93.5 cm³/mol. The third-order valence-corrected chi connectivity index (χ3v) is 4.17. The van der Waals surface area contributed by atoms with Gasteiger partial charge in [0.1, 0.15) is 5.75 Å². The molecule has 0 aliphatic carbocycles. The van der Waals surface area contributed by atoms with Gasteiger partial charge in [0.25, 0.3) is 5.91 Å². The van der Waals surface area contributed by atoms with Gasteiger partial charge in [0, 0.05) is 21.5 Å². The van der Waals surface area contributed by atoms with Crippen LogP contribution in [0.1, 0.15) is 10.4 Å². The maximum atomic E-state index is 12.2. The molecule has 0 bridgehead atoms. The summed E-state index contributed by atoms with van der Waals surface area (Å²) in [4.78, 5) is 16.6. The molecule has 1 N–H and O–H groups in total. The van der Waals surface area contributed by atoms with Crippen molar-refractivity contribution in [1.29, 1.82) is 0 Å². The lowest BCUT2D eigenvalue weighted by Gasteiger charge is -2.03. The van der Waals surface area contributed by atoms with Gasteiger partial charge in [-0.3, -0.25) is 10.1 Å². The molecule has 2 aromatic carbocycles. The van der Waals surface area contributed by atoms with E-state index in [-0.39, 0.29) is 5.91 Å². The third kappa shape index (κ3) is 3.70. The van der Waals surface area contributed by atoms with E-state index in [0.717, 1.165) is 17.0 Å². The van der Waals surface area contributed by atoms with Gasteiger partial charge in [-0.25, -0.2) is 4.98 Å². The zero-order valence-electron chi connectivity index (χ0n) is 12.2. The maximum absolute atomic E-state index is 12.2. The van der Waals surface area contributed by atoms with Crippen molar-refractivity contribution in [2.24, 2.45) is 0 Å². The van der Waals surface area contributed by atoms with Gasteiger partial charge in [-0.05, 0) is 30.3 Å². The topological polar surface area (TPSA) is 51.2 Å². The van der Waals surface area contributed by atoms with Crippen molar-refractivity contribution >= 4 is 34.0 Å². The molecule has 1 heterocycles. The summed E-state index contributed by atoms with van der Waals surface area (Å²) in [6.07, 6.45) is 0. The van der Waals surface area contributed by atoms with Crippen LogP contribution in [0.4, 0.5) is 5.13 Å². The van der Waals surface area contributed by atoms with Gasteiger partial charge in [0.05, 0.1) is 12.8 Å². The van der Waals surface area contributed by atoms with Crippen LogP contribution < -0.4 is 10.1 Å². The van der Waals surface area contributed by atoms with Crippen molar-refractivity contribution < 1.29 is 9.53 Å². The molecule has 0 atom stereocenters. The molecule has 3 aromatic rings. The Morgan fingerprint density at radius 1 is 1.22 bits per heavy atom. The van der Waals surface area contributed by atoms with Crippen LogP contribution in [0.15, 0.2) is 53.9 Å². The van der Waals surface area contributed by atoms with Crippen LogP contribution in [-0.4, -0.2) is 18.0 Å². The lowest BCUT2D eigenvalue weighted by atomic mass is 10.2. The standard InChI is InChI=1S/C17H13ClN2O2S/c1-22-14-7-3-4-11(9-14)15-10-23-17(19-15)20-16(21)12-5-2-6-13(18)8-12/h2-10H,1H3,(H,19,20,21). The van der Waals surface area contributed by atoms with Crippen LogP contribution in [0.5, 0.6) is 5.75 Å². The Labute approximate surface area is 142 Å². The Morgan fingerprint density at radius 2 is 2.04 bits per heavy atom. The fraction of sp³-hybridized carbons (Fsp3) is 0.0588. The molecule has 0 unspecified atom stereocenters. The maximum Gasteiger partial charge on any atom is 0.257 e. The number of carbonyl (C=O) groups is 1. The Hall–Kier alpha value is -2.37. The molecule has 23 heavy (non-hydrogen) atoms. The van der Waals surface area contributed by atoms with E-state index in [4.69, 9.17) is 16.3 Å². The van der Waals surface area contributed by atoms with E-state index in [1.807, 2.05) is 29.6 Å². The minimum absolute atomic E-state index is 0.237. The van der Waals surface area contributed by atoms with Crippen LogP contribution in [-0.2, 0) is 0 Å². The molecule has 6 heteroatoms. The average Bonchev–Trinajstić information content (AvgIpc) is 3.03. The molecule has 0 saturated carbocycles. The summed E-state index contributed by atoms with van der Waals surface area (Å²) in [5, 5.41) is 5.73. The number of aromatic nitrogens is 1. The van der Waals surface area contributed by atoms with Crippen LogP contribution in [0.2, 0.25) is 5.02 Å². The first-order valence-corrected chi connectivity index (χ1v) is 8.08. The number of halogens is 1. The van der Waals surface area contributed by atoms with E-state index in [9.17, 15) is 4.79 Å². The Balaban J connectivity index is 1.78. The van der Waals surface area contributed by atoms with Gasteiger partial charge in [-0.2, -0.15) is 0 Å². The van der Waals surface area contributed by atoms with Crippen molar-refractivity contribution in [3.63, 3.8) is 0 Å². The SMILES string of the molecule is COc1cccc(-c2csc(NC(=O)c3cccc(Cl)c3)n2)c1. The zero-order valence-corrected chi connectivity index (χ0v) is 13.8. The number of carbonyl (C=O) groups excluding carboxylic acids is 1. The summed E-state index contributed by atoms with van der Waals surface area (Å²) in [5.41, 5.74) is 2.22. The first-order chi connectivity index (χ1) is 11.2. The van der Waals surface area contributed by atoms with E-state index in [0.29, 0.717) is 15.7 Å². The highest BCUT2D eigenvalue weighted by Crippen LogP contribution is 2.27. The van der Waals surface area contributed by atoms with Gasteiger partial charge in [0.15, 0.2) is 5.13 Å². The molecule has 3 rings (SSSR count). The van der Waals surface area contributed by atoms with Crippen molar-refractivity contribution in [1.82, 2.24) is 4.98 Å². The molecule has 0 fully saturated rings. The van der Waals surface area contributed by atoms with Gasteiger partial charge >= 0.3 is 0 Å². The largest absolute Gasteiger partial charge is 0.497 e. The quantitative estimate of drug-likeness (QED) is 0.744. The number of ether oxygens (including phenoxy) is 1. The van der Waals surface area contributed by atoms with E-state index >= 15 is 0 Å². The second-order valence-electron chi connectivity index (χ2n) is 4.73. The second kappa shape index (κ2) is 6.81. The predicted octanol–water partition coefficient (Wildman–Crippen LogP) is 4.72. The molecule has 4 nitrogen and oxygen atoms in total. The Bertz CT molecular complexity index is 848. The average molecular weight is 345 g/mol. The molecular weight excluding hydrogens is 332 g/mol. The number of hydrogen-bond donors (Lipinski definition) is 1. The fourth-order valence-corrected chi connectivity index (χ4v) is 2.95. The molecule has 0 aliphatic heterocycles. The van der Waals surface area contributed by atoms with Crippen molar-refractivity contribution in [3.8, 4) is 17.0 Å². The summed E-state index contributed by atoms with van der Waals surface area (Å²) in [5.74, 6) is 0.527. The molecule has 0 aliphatic rings. The fourth-order valence-electron chi connectivity index (χ4n) is 2.05. The summed E-state index contributed by atoms with van der Waals surface area (Å²) >= 11 is 7.27. The molecular formula is C17H13ClN2O2S. The number of thiazole rings is 1. The third-order valence-electron chi connectivity index (χ3n) is 3.18. The second-order valence-corrected chi connectivity index (χ2v) is 6.03. The Kier molecular flexibility index (Phi) is 4.60. The minimum atomic E-state index is -0.237. The minimum Gasteiger partial charge on any atom is -0.497 e. The molecule has 116 valence electrons. The summed E-state index contributed by atoms with van der Waals surface area (Å²) in [6, 6.07) is 14.4. The highest BCUT2D eigenvalue weighted by molar-refractivity contribution is 7.14. The molecule has 1 aromatic heterocycles. The number of rotatable bonds is 4. The van der Waals surface area contributed by atoms with Gasteiger partial charge in [-0.1, -0.05) is 29.8 Å². The number of hydrogen-bond acceptors (Lipinski definition) is 4.